The standard InChI is InChI=1S/C16H14O4/c1-2-19-15(17)13-10-6-7-11-14(13)16(18)20-12-8-4-3-5-9-12/h3-11H,2H2,1H3. The Morgan fingerprint density at radius 1 is 0.850 bits per heavy atom. The number of hydrogen-bond acceptors (Lipinski definition) is 4. The van der Waals surface area contributed by atoms with Crippen molar-refractivity contribution in [1.29, 1.82) is 0 Å². The summed E-state index contributed by atoms with van der Waals surface area (Å²) in [5.41, 5.74) is 0.394. The number of hydrogen-bond donors (Lipinski definition) is 0. The highest BCUT2D eigenvalue weighted by molar-refractivity contribution is 6.03. The predicted octanol–water partition coefficient (Wildman–Crippen LogP) is 3.08. The number of rotatable bonds is 4. The zero-order valence-corrected chi connectivity index (χ0v) is 11.0. The van der Waals surface area contributed by atoms with Crippen molar-refractivity contribution in [3.63, 3.8) is 0 Å². The molecular weight excluding hydrogens is 256 g/mol. The molecule has 2 rings (SSSR count). The molecular formula is C16H14O4. The highest BCUT2D eigenvalue weighted by atomic mass is 16.5. The van der Waals surface area contributed by atoms with E-state index in [1.54, 1.807) is 49.4 Å². The molecule has 20 heavy (non-hydrogen) atoms. The maximum Gasteiger partial charge on any atom is 0.344 e. The molecule has 0 heterocycles. The Kier molecular flexibility index (Phi) is 4.50. The quantitative estimate of drug-likeness (QED) is 0.633. The monoisotopic (exact) mass is 270 g/mol. The molecule has 2 aromatic carbocycles. The van der Waals surface area contributed by atoms with E-state index in [2.05, 4.69) is 0 Å². The Balaban J connectivity index is 2.24. The van der Waals surface area contributed by atoms with Crippen molar-refractivity contribution < 1.29 is 19.1 Å². The minimum absolute atomic E-state index is 0.190. The van der Waals surface area contributed by atoms with Gasteiger partial charge < -0.3 is 9.47 Å². The SMILES string of the molecule is CCOC(=O)c1ccccc1C(=O)Oc1ccccc1. The van der Waals surface area contributed by atoms with Gasteiger partial charge in [-0.2, -0.15) is 0 Å². The third-order valence-corrected chi connectivity index (χ3v) is 2.60. The van der Waals surface area contributed by atoms with Crippen LogP contribution in [0.5, 0.6) is 5.75 Å². The molecule has 0 aliphatic carbocycles. The molecule has 0 atom stereocenters. The number of para-hydroxylation sites is 1. The van der Waals surface area contributed by atoms with Crippen LogP contribution in [0.1, 0.15) is 27.6 Å². The Hall–Kier alpha value is -2.62. The van der Waals surface area contributed by atoms with Crippen molar-refractivity contribution in [3.8, 4) is 5.75 Å². The van der Waals surface area contributed by atoms with Crippen LogP contribution >= 0.6 is 0 Å². The Labute approximate surface area is 116 Å². The first-order valence-corrected chi connectivity index (χ1v) is 6.25. The molecule has 2 aromatic rings. The molecule has 0 spiro atoms. The van der Waals surface area contributed by atoms with E-state index in [9.17, 15) is 9.59 Å². The first-order valence-electron chi connectivity index (χ1n) is 6.25. The summed E-state index contributed by atoms with van der Waals surface area (Å²) in [5.74, 6) is -0.691. The molecule has 0 fully saturated rings. The predicted molar refractivity (Wildman–Crippen MR) is 73.8 cm³/mol. The van der Waals surface area contributed by atoms with Crippen molar-refractivity contribution in [3.05, 3.63) is 65.7 Å². The molecule has 0 radical (unpaired) electrons. The summed E-state index contributed by atoms with van der Waals surface area (Å²) >= 11 is 0. The van der Waals surface area contributed by atoms with Crippen LogP contribution in [0, 0.1) is 0 Å². The lowest BCUT2D eigenvalue weighted by Crippen LogP contribution is -2.15. The number of esters is 2. The second-order valence-corrected chi connectivity index (χ2v) is 3.97. The second kappa shape index (κ2) is 6.52. The van der Waals surface area contributed by atoms with Crippen molar-refractivity contribution in [2.24, 2.45) is 0 Å². The van der Waals surface area contributed by atoms with E-state index in [0.29, 0.717) is 5.75 Å². The van der Waals surface area contributed by atoms with Crippen molar-refractivity contribution in [2.45, 2.75) is 6.92 Å². The third-order valence-electron chi connectivity index (χ3n) is 2.60. The van der Waals surface area contributed by atoms with Crippen molar-refractivity contribution in [2.75, 3.05) is 6.61 Å². The van der Waals surface area contributed by atoms with Crippen LogP contribution in [0.2, 0.25) is 0 Å². The minimum Gasteiger partial charge on any atom is -0.462 e. The van der Waals surface area contributed by atoms with Gasteiger partial charge in [-0.3, -0.25) is 0 Å². The van der Waals surface area contributed by atoms with E-state index in [4.69, 9.17) is 9.47 Å². The largest absolute Gasteiger partial charge is 0.462 e. The maximum absolute atomic E-state index is 12.1. The lowest BCUT2D eigenvalue weighted by Gasteiger charge is -2.08. The summed E-state index contributed by atoms with van der Waals surface area (Å²) in [7, 11) is 0. The van der Waals surface area contributed by atoms with Crippen LogP contribution < -0.4 is 4.74 Å². The van der Waals surface area contributed by atoms with Gasteiger partial charge in [0.05, 0.1) is 17.7 Å². The Morgan fingerprint density at radius 3 is 2.00 bits per heavy atom. The minimum atomic E-state index is -0.583. The Bertz CT molecular complexity index is 605. The van der Waals surface area contributed by atoms with E-state index < -0.39 is 11.9 Å². The van der Waals surface area contributed by atoms with Crippen LogP contribution in [-0.4, -0.2) is 18.5 Å². The molecule has 0 saturated carbocycles. The molecule has 0 bridgehead atoms. The van der Waals surface area contributed by atoms with Gasteiger partial charge in [0, 0.05) is 0 Å². The van der Waals surface area contributed by atoms with Gasteiger partial charge in [0.15, 0.2) is 0 Å². The van der Waals surface area contributed by atoms with E-state index in [1.807, 2.05) is 6.07 Å². The molecule has 102 valence electrons. The second-order valence-electron chi connectivity index (χ2n) is 3.97. The summed E-state index contributed by atoms with van der Waals surface area (Å²) < 4.78 is 10.1. The number of ether oxygens (including phenoxy) is 2. The first kappa shape index (κ1) is 13.8. The van der Waals surface area contributed by atoms with Crippen molar-refractivity contribution in [1.82, 2.24) is 0 Å². The fraction of sp³-hybridized carbons (Fsp3) is 0.125. The highest BCUT2D eigenvalue weighted by Gasteiger charge is 2.19. The molecule has 4 heteroatoms. The Morgan fingerprint density at radius 2 is 1.40 bits per heavy atom. The maximum atomic E-state index is 12.1. The molecule has 0 N–H and O–H groups in total. The molecule has 0 unspecified atom stereocenters. The molecule has 4 nitrogen and oxygen atoms in total. The average molecular weight is 270 g/mol. The summed E-state index contributed by atoms with van der Waals surface area (Å²) in [6.07, 6.45) is 0. The van der Waals surface area contributed by atoms with Gasteiger partial charge in [-0.05, 0) is 31.2 Å². The lowest BCUT2D eigenvalue weighted by molar-refractivity contribution is 0.0517. The topological polar surface area (TPSA) is 52.6 Å². The fourth-order valence-corrected chi connectivity index (χ4v) is 1.70. The summed E-state index contributed by atoms with van der Waals surface area (Å²) in [5, 5.41) is 0. The zero-order valence-electron chi connectivity index (χ0n) is 11.0. The molecule has 0 aromatic heterocycles. The van der Waals surface area contributed by atoms with Gasteiger partial charge in [0.2, 0.25) is 0 Å². The van der Waals surface area contributed by atoms with Crippen LogP contribution in [-0.2, 0) is 4.74 Å². The third kappa shape index (κ3) is 3.23. The molecule has 0 saturated heterocycles. The lowest BCUT2D eigenvalue weighted by atomic mass is 10.1. The fourth-order valence-electron chi connectivity index (χ4n) is 1.70. The smallest absolute Gasteiger partial charge is 0.344 e. The normalized spacial score (nSPS) is 9.85. The average Bonchev–Trinajstić information content (AvgIpc) is 2.48. The van der Waals surface area contributed by atoms with Gasteiger partial charge >= 0.3 is 11.9 Å². The van der Waals surface area contributed by atoms with E-state index >= 15 is 0 Å². The summed E-state index contributed by atoms with van der Waals surface area (Å²) in [6.45, 7) is 1.96. The molecule has 0 amide bonds. The van der Waals surface area contributed by atoms with Crippen LogP contribution in [0.25, 0.3) is 0 Å². The van der Waals surface area contributed by atoms with Gasteiger partial charge in [-0.25, -0.2) is 9.59 Å². The highest BCUT2D eigenvalue weighted by Crippen LogP contribution is 2.15. The van der Waals surface area contributed by atoms with Gasteiger partial charge in [-0.15, -0.1) is 0 Å². The van der Waals surface area contributed by atoms with Crippen LogP contribution in [0.4, 0.5) is 0 Å². The summed E-state index contributed by atoms with van der Waals surface area (Å²) in [6, 6.07) is 15.1. The van der Waals surface area contributed by atoms with E-state index in [0.717, 1.165) is 0 Å². The number of carbonyl (C=O) groups excluding carboxylic acids is 2. The first-order chi connectivity index (χ1) is 9.72. The van der Waals surface area contributed by atoms with Crippen molar-refractivity contribution >= 4 is 11.9 Å². The zero-order chi connectivity index (χ0) is 14.4. The van der Waals surface area contributed by atoms with Crippen LogP contribution in [0.3, 0.4) is 0 Å². The van der Waals surface area contributed by atoms with Crippen LogP contribution in [0.15, 0.2) is 54.6 Å². The molecule has 0 aliphatic rings. The molecule has 0 aliphatic heterocycles. The van der Waals surface area contributed by atoms with Gasteiger partial charge in [-0.1, -0.05) is 30.3 Å². The van der Waals surface area contributed by atoms with Gasteiger partial charge in [0.25, 0.3) is 0 Å². The number of benzene rings is 2. The van der Waals surface area contributed by atoms with E-state index in [1.165, 1.54) is 6.07 Å². The summed E-state index contributed by atoms with van der Waals surface area (Å²) in [4.78, 5) is 23.9. The van der Waals surface area contributed by atoms with Gasteiger partial charge in [0.1, 0.15) is 5.75 Å². The number of carbonyl (C=O) groups is 2. The van der Waals surface area contributed by atoms with E-state index in [-0.39, 0.29) is 17.7 Å².